The van der Waals surface area contributed by atoms with Crippen LogP contribution in [0.15, 0.2) is 0 Å². The van der Waals surface area contributed by atoms with Crippen molar-refractivity contribution >= 4 is 11.9 Å². The van der Waals surface area contributed by atoms with Crippen LogP contribution in [0.3, 0.4) is 0 Å². The molecule has 4 saturated carbocycles. The molecule has 4 nitrogen and oxygen atoms in total. The molecule has 0 radical (unpaired) electrons. The van der Waals surface area contributed by atoms with Crippen LogP contribution in [0.5, 0.6) is 0 Å². The first-order valence-corrected chi connectivity index (χ1v) is 8.29. The van der Waals surface area contributed by atoms with Crippen LogP contribution in [0.1, 0.15) is 58.8 Å². The minimum absolute atomic E-state index is 0.000706. The Bertz CT molecular complexity index is 405. The molecule has 0 aromatic heterocycles. The highest BCUT2D eigenvalue weighted by Crippen LogP contribution is 2.60. The molecular formula is C17H25O4-. The van der Waals surface area contributed by atoms with Crippen LogP contribution in [0.4, 0.5) is 0 Å². The third-order valence-electron chi connectivity index (χ3n) is 5.84. The van der Waals surface area contributed by atoms with Gasteiger partial charge in [-0.15, -0.1) is 0 Å². The summed E-state index contributed by atoms with van der Waals surface area (Å²) in [4.78, 5) is 23.6. The van der Waals surface area contributed by atoms with Gasteiger partial charge in [-0.05, 0) is 62.2 Å². The van der Waals surface area contributed by atoms with Crippen LogP contribution in [-0.2, 0) is 14.3 Å². The van der Waals surface area contributed by atoms with Gasteiger partial charge in [0.1, 0.15) is 6.10 Å². The lowest BCUT2D eigenvalue weighted by Gasteiger charge is -2.55. The first-order chi connectivity index (χ1) is 9.88. The van der Waals surface area contributed by atoms with Crippen LogP contribution >= 0.6 is 0 Å². The Labute approximate surface area is 126 Å². The minimum Gasteiger partial charge on any atom is -0.550 e. The van der Waals surface area contributed by atoms with Gasteiger partial charge >= 0.3 is 5.97 Å². The maximum Gasteiger partial charge on any atom is 0.312 e. The van der Waals surface area contributed by atoms with Gasteiger partial charge in [-0.25, -0.2) is 0 Å². The zero-order valence-electron chi connectivity index (χ0n) is 13.0. The van der Waals surface area contributed by atoms with Gasteiger partial charge in [0.25, 0.3) is 0 Å². The number of aliphatic carboxylic acids is 1. The SMILES string of the molecule is CC(C)C(CC(=O)[O-])OC(=O)C12CC3CC(CC(C3)C1)C2. The molecule has 0 saturated heterocycles. The molecule has 4 heteroatoms. The van der Waals surface area contributed by atoms with Crippen LogP contribution in [0.25, 0.3) is 0 Å². The number of hydrogen-bond donors (Lipinski definition) is 0. The summed E-state index contributed by atoms with van der Waals surface area (Å²) in [7, 11) is 0. The number of carbonyl (C=O) groups is 2. The number of carboxylic acid groups (broad SMARTS) is 1. The predicted molar refractivity (Wildman–Crippen MR) is 74.9 cm³/mol. The van der Waals surface area contributed by atoms with Crippen molar-refractivity contribution < 1.29 is 19.4 Å². The summed E-state index contributed by atoms with van der Waals surface area (Å²) in [6, 6.07) is 0. The van der Waals surface area contributed by atoms with Gasteiger partial charge in [-0.2, -0.15) is 0 Å². The summed E-state index contributed by atoms with van der Waals surface area (Å²) < 4.78 is 5.65. The Morgan fingerprint density at radius 1 is 1.10 bits per heavy atom. The van der Waals surface area contributed by atoms with Crippen molar-refractivity contribution in [2.24, 2.45) is 29.1 Å². The molecule has 0 N–H and O–H groups in total. The van der Waals surface area contributed by atoms with Crippen LogP contribution < -0.4 is 5.11 Å². The summed E-state index contributed by atoms with van der Waals surface area (Å²) in [6.07, 6.45) is 5.93. The molecule has 4 aliphatic carbocycles. The van der Waals surface area contributed by atoms with Crippen molar-refractivity contribution in [2.45, 2.75) is 64.9 Å². The molecule has 4 fully saturated rings. The molecule has 4 aliphatic rings. The molecule has 21 heavy (non-hydrogen) atoms. The highest BCUT2D eigenvalue weighted by Gasteiger charge is 2.55. The van der Waals surface area contributed by atoms with Gasteiger partial charge < -0.3 is 14.6 Å². The van der Waals surface area contributed by atoms with E-state index in [4.69, 9.17) is 4.74 Å². The highest BCUT2D eigenvalue weighted by molar-refractivity contribution is 5.78. The molecule has 4 rings (SSSR count). The first-order valence-electron chi connectivity index (χ1n) is 8.29. The van der Waals surface area contributed by atoms with Crippen LogP contribution in [0, 0.1) is 29.1 Å². The number of hydrogen-bond acceptors (Lipinski definition) is 4. The Morgan fingerprint density at radius 3 is 1.95 bits per heavy atom. The van der Waals surface area contributed by atoms with Gasteiger partial charge in [0, 0.05) is 12.4 Å². The molecule has 4 bridgehead atoms. The Kier molecular flexibility index (Phi) is 3.74. The monoisotopic (exact) mass is 293 g/mol. The molecule has 0 amide bonds. The van der Waals surface area contributed by atoms with Crippen molar-refractivity contribution in [3.63, 3.8) is 0 Å². The van der Waals surface area contributed by atoms with E-state index in [9.17, 15) is 14.7 Å². The van der Waals surface area contributed by atoms with Gasteiger partial charge in [0.15, 0.2) is 0 Å². The third-order valence-corrected chi connectivity index (χ3v) is 5.84. The van der Waals surface area contributed by atoms with Crippen LogP contribution in [-0.4, -0.2) is 18.0 Å². The summed E-state index contributed by atoms with van der Waals surface area (Å²) >= 11 is 0. The van der Waals surface area contributed by atoms with E-state index in [0.29, 0.717) is 17.8 Å². The maximum atomic E-state index is 12.8. The molecule has 118 valence electrons. The van der Waals surface area contributed by atoms with E-state index in [-0.39, 0.29) is 23.7 Å². The van der Waals surface area contributed by atoms with E-state index in [1.807, 2.05) is 13.8 Å². The average molecular weight is 293 g/mol. The molecule has 1 atom stereocenters. The van der Waals surface area contributed by atoms with E-state index in [1.165, 1.54) is 19.3 Å². The van der Waals surface area contributed by atoms with Crippen molar-refractivity contribution in [1.29, 1.82) is 0 Å². The highest BCUT2D eigenvalue weighted by atomic mass is 16.5. The Morgan fingerprint density at radius 2 is 1.57 bits per heavy atom. The van der Waals surface area contributed by atoms with Crippen molar-refractivity contribution in [3.8, 4) is 0 Å². The number of esters is 1. The number of ether oxygens (including phenoxy) is 1. The maximum absolute atomic E-state index is 12.8. The fraction of sp³-hybridized carbons (Fsp3) is 0.882. The number of carboxylic acids is 1. The van der Waals surface area contributed by atoms with Gasteiger partial charge in [-0.1, -0.05) is 13.8 Å². The summed E-state index contributed by atoms with van der Waals surface area (Å²) in [5.41, 5.74) is -0.312. The average Bonchev–Trinajstić information content (AvgIpc) is 2.35. The second kappa shape index (κ2) is 5.29. The zero-order valence-corrected chi connectivity index (χ0v) is 13.0. The van der Waals surface area contributed by atoms with Crippen molar-refractivity contribution in [2.75, 3.05) is 0 Å². The van der Waals surface area contributed by atoms with Gasteiger partial charge in [0.05, 0.1) is 5.41 Å². The molecule has 0 spiro atoms. The quantitative estimate of drug-likeness (QED) is 0.726. The molecular weight excluding hydrogens is 268 g/mol. The normalized spacial score (nSPS) is 38.5. The number of carbonyl (C=O) groups excluding carboxylic acids is 2. The summed E-state index contributed by atoms with van der Waals surface area (Å²) in [6.45, 7) is 3.78. The van der Waals surface area contributed by atoms with Gasteiger partial charge in [-0.3, -0.25) is 4.79 Å². The predicted octanol–water partition coefficient (Wildman–Crippen LogP) is 1.91. The largest absolute Gasteiger partial charge is 0.550 e. The zero-order chi connectivity index (χ0) is 15.2. The van der Waals surface area contributed by atoms with E-state index in [1.54, 1.807) is 0 Å². The molecule has 1 unspecified atom stereocenters. The fourth-order valence-electron chi connectivity index (χ4n) is 5.20. The van der Waals surface area contributed by atoms with Gasteiger partial charge in [0.2, 0.25) is 0 Å². The van der Waals surface area contributed by atoms with E-state index in [2.05, 4.69) is 0 Å². The smallest absolute Gasteiger partial charge is 0.312 e. The Balaban J connectivity index is 1.71. The first kappa shape index (κ1) is 14.9. The van der Waals surface area contributed by atoms with Crippen LogP contribution in [0.2, 0.25) is 0 Å². The lowest BCUT2D eigenvalue weighted by Crippen LogP contribution is -2.51. The molecule has 0 aliphatic heterocycles. The summed E-state index contributed by atoms with van der Waals surface area (Å²) in [5.74, 6) is 0.765. The van der Waals surface area contributed by atoms with Crippen molar-refractivity contribution in [1.82, 2.24) is 0 Å². The molecule has 0 aromatic carbocycles. The lowest BCUT2D eigenvalue weighted by atomic mass is 9.49. The Hall–Kier alpha value is -1.06. The lowest BCUT2D eigenvalue weighted by molar-refractivity contribution is -0.308. The standard InChI is InChI=1S/C17H26O4/c1-10(2)14(6-15(18)19)21-16(20)17-7-11-3-12(8-17)5-13(4-11)9-17/h10-14H,3-9H2,1-2H3,(H,18,19)/p-1. The van der Waals surface area contributed by atoms with Crippen molar-refractivity contribution in [3.05, 3.63) is 0 Å². The van der Waals surface area contributed by atoms with E-state index >= 15 is 0 Å². The summed E-state index contributed by atoms with van der Waals surface area (Å²) in [5, 5.41) is 10.8. The fourth-order valence-corrected chi connectivity index (χ4v) is 5.20. The second-order valence-electron chi connectivity index (χ2n) is 7.96. The molecule has 0 heterocycles. The van der Waals surface area contributed by atoms with E-state index in [0.717, 1.165) is 19.3 Å². The number of rotatable bonds is 5. The third kappa shape index (κ3) is 2.82. The minimum atomic E-state index is -1.15. The topological polar surface area (TPSA) is 66.4 Å². The second-order valence-corrected chi connectivity index (χ2v) is 7.96. The molecule has 0 aromatic rings. The van der Waals surface area contributed by atoms with E-state index < -0.39 is 12.1 Å².